The number of halogens is 3. The first-order valence-electron chi connectivity index (χ1n) is 5.49. The third-order valence-corrected chi connectivity index (χ3v) is 3.30. The highest BCUT2D eigenvalue weighted by Gasteiger charge is 2.19. The van der Waals surface area contributed by atoms with Gasteiger partial charge >= 0.3 is 0 Å². The molecule has 0 bridgehead atoms. The maximum atomic E-state index is 12.6. The van der Waals surface area contributed by atoms with E-state index >= 15 is 0 Å². The van der Waals surface area contributed by atoms with Crippen molar-refractivity contribution in [3.05, 3.63) is 34.3 Å². The highest BCUT2D eigenvalue weighted by atomic mass is 35.5. The average Bonchev–Trinajstić information content (AvgIpc) is 2.30. The van der Waals surface area contributed by atoms with E-state index < -0.39 is 6.43 Å². The lowest BCUT2D eigenvalue weighted by Crippen LogP contribution is -2.27. The standard InChI is InChI=1S/C12H14ClF2N/c13-10-5-4-8(12(14)15)7-9(10)11-3-1-2-6-16-11/h4-5,7,11-12,16H,1-3,6H2. The molecule has 4 heteroatoms. The molecule has 1 atom stereocenters. The van der Waals surface area contributed by atoms with E-state index in [1.807, 2.05) is 0 Å². The van der Waals surface area contributed by atoms with Crippen LogP contribution in [0.2, 0.25) is 5.02 Å². The monoisotopic (exact) mass is 245 g/mol. The number of piperidine rings is 1. The number of hydrogen-bond acceptors (Lipinski definition) is 1. The Bertz CT molecular complexity index is 362. The normalized spacial score (nSPS) is 21.4. The number of nitrogens with one attached hydrogen (secondary N) is 1. The van der Waals surface area contributed by atoms with Gasteiger partial charge < -0.3 is 5.32 Å². The molecule has 0 aromatic heterocycles. The second-order valence-electron chi connectivity index (χ2n) is 4.08. The molecule has 16 heavy (non-hydrogen) atoms. The van der Waals surface area contributed by atoms with Crippen molar-refractivity contribution in [3.63, 3.8) is 0 Å². The fourth-order valence-corrected chi connectivity index (χ4v) is 2.33. The highest BCUT2D eigenvalue weighted by molar-refractivity contribution is 6.31. The summed E-state index contributed by atoms with van der Waals surface area (Å²) in [6.45, 7) is 0.930. The molecule has 0 aliphatic carbocycles. The van der Waals surface area contributed by atoms with Gasteiger partial charge in [-0.05, 0) is 37.1 Å². The summed E-state index contributed by atoms with van der Waals surface area (Å²) in [5.74, 6) is 0. The smallest absolute Gasteiger partial charge is 0.263 e. The lowest BCUT2D eigenvalue weighted by Gasteiger charge is -2.25. The van der Waals surface area contributed by atoms with Gasteiger partial charge in [-0.15, -0.1) is 0 Å². The molecule has 1 aliphatic rings. The fourth-order valence-electron chi connectivity index (χ4n) is 2.08. The number of hydrogen-bond donors (Lipinski definition) is 1. The molecule has 1 aliphatic heterocycles. The third kappa shape index (κ3) is 2.53. The Morgan fingerprint density at radius 1 is 1.31 bits per heavy atom. The minimum absolute atomic E-state index is 0.0479. The quantitative estimate of drug-likeness (QED) is 0.828. The maximum absolute atomic E-state index is 12.6. The van der Waals surface area contributed by atoms with Crippen molar-refractivity contribution in [2.75, 3.05) is 6.54 Å². The lowest BCUT2D eigenvalue weighted by molar-refractivity contribution is 0.151. The van der Waals surface area contributed by atoms with Crippen LogP contribution in [-0.2, 0) is 0 Å². The summed E-state index contributed by atoms with van der Waals surface area (Å²) in [6.07, 6.45) is 0.793. The van der Waals surface area contributed by atoms with Gasteiger partial charge in [-0.1, -0.05) is 24.1 Å². The Morgan fingerprint density at radius 3 is 2.75 bits per heavy atom. The highest BCUT2D eigenvalue weighted by Crippen LogP contribution is 2.32. The molecule has 1 aromatic carbocycles. The molecule has 2 rings (SSSR count). The summed E-state index contributed by atoms with van der Waals surface area (Å²) in [5, 5.41) is 3.89. The van der Waals surface area contributed by atoms with Crippen molar-refractivity contribution >= 4 is 11.6 Å². The van der Waals surface area contributed by atoms with Gasteiger partial charge in [0.25, 0.3) is 6.43 Å². The second-order valence-corrected chi connectivity index (χ2v) is 4.49. The van der Waals surface area contributed by atoms with Gasteiger partial charge in [0.2, 0.25) is 0 Å². The minimum Gasteiger partial charge on any atom is -0.310 e. The van der Waals surface area contributed by atoms with Gasteiger partial charge in [-0.3, -0.25) is 0 Å². The molecule has 0 saturated carbocycles. The van der Waals surface area contributed by atoms with Gasteiger partial charge in [0, 0.05) is 16.6 Å². The van der Waals surface area contributed by atoms with Crippen LogP contribution in [0.3, 0.4) is 0 Å². The molecular weight excluding hydrogens is 232 g/mol. The van der Waals surface area contributed by atoms with Crippen LogP contribution >= 0.6 is 11.6 Å². The van der Waals surface area contributed by atoms with Crippen molar-refractivity contribution in [3.8, 4) is 0 Å². The van der Waals surface area contributed by atoms with Crippen molar-refractivity contribution in [2.45, 2.75) is 31.7 Å². The summed E-state index contributed by atoms with van der Waals surface area (Å²) in [5.41, 5.74) is 0.853. The van der Waals surface area contributed by atoms with Gasteiger partial charge in [0.05, 0.1) is 0 Å². The molecule has 1 heterocycles. The molecule has 1 aromatic rings. The van der Waals surface area contributed by atoms with E-state index in [9.17, 15) is 8.78 Å². The first kappa shape index (κ1) is 11.8. The van der Waals surface area contributed by atoms with Crippen molar-refractivity contribution in [1.82, 2.24) is 5.32 Å². The molecule has 1 saturated heterocycles. The SMILES string of the molecule is FC(F)c1ccc(Cl)c(C2CCCCN2)c1. The van der Waals surface area contributed by atoms with E-state index in [1.165, 1.54) is 12.1 Å². The Hall–Kier alpha value is -0.670. The zero-order valence-corrected chi connectivity index (χ0v) is 9.61. The molecule has 1 unspecified atom stereocenters. The van der Waals surface area contributed by atoms with E-state index in [4.69, 9.17) is 11.6 Å². The van der Waals surface area contributed by atoms with Crippen molar-refractivity contribution in [2.24, 2.45) is 0 Å². The predicted molar refractivity (Wildman–Crippen MR) is 61.0 cm³/mol. The van der Waals surface area contributed by atoms with E-state index in [-0.39, 0.29) is 11.6 Å². The summed E-state index contributed by atoms with van der Waals surface area (Å²) < 4.78 is 25.2. The molecule has 1 fully saturated rings. The molecular formula is C12H14ClF2N. The van der Waals surface area contributed by atoms with Gasteiger partial charge in [-0.25, -0.2) is 8.78 Å². The fraction of sp³-hybridized carbons (Fsp3) is 0.500. The maximum Gasteiger partial charge on any atom is 0.263 e. The van der Waals surface area contributed by atoms with Gasteiger partial charge in [0.15, 0.2) is 0 Å². The number of alkyl halides is 2. The molecule has 0 amide bonds. The molecule has 88 valence electrons. The largest absolute Gasteiger partial charge is 0.310 e. The zero-order chi connectivity index (χ0) is 11.5. The predicted octanol–water partition coefficient (Wildman–Crippen LogP) is 4.09. The van der Waals surface area contributed by atoms with Crippen LogP contribution in [0.4, 0.5) is 8.78 Å². The minimum atomic E-state index is -2.43. The molecule has 0 radical (unpaired) electrons. The first-order valence-corrected chi connectivity index (χ1v) is 5.87. The Balaban J connectivity index is 2.27. The molecule has 1 N–H and O–H groups in total. The summed E-state index contributed by atoms with van der Waals surface area (Å²) in [7, 11) is 0. The van der Waals surface area contributed by atoms with Gasteiger partial charge in [0.1, 0.15) is 0 Å². The third-order valence-electron chi connectivity index (χ3n) is 2.96. The van der Waals surface area contributed by atoms with Crippen LogP contribution < -0.4 is 5.32 Å². The van der Waals surface area contributed by atoms with Crippen molar-refractivity contribution < 1.29 is 8.78 Å². The van der Waals surface area contributed by atoms with E-state index in [0.717, 1.165) is 31.4 Å². The summed E-state index contributed by atoms with van der Waals surface area (Å²) >= 11 is 6.05. The molecule has 1 nitrogen and oxygen atoms in total. The van der Waals surface area contributed by atoms with Crippen molar-refractivity contribution in [1.29, 1.82) is 0 Å². The van der Waals surface area contributed by atoms with E-state index in [1.54, 1.807) is 6.07 Å². The van der Waals surface area contributed by atoms with Crippen LogP contribution in [0.15, 0.2) is 18.2 Å². The topological polar surface area (TPSA) is 12.0 Å². The molecule has 0 spiro atoms. The van der Waals surface area contributed by atoms with Crippen LogP contribution in [0.1, 0.15) is 42.9 Å². The van der Waals surface area contributed by atoms with E-state index in [2.05, 4.69) is 5.32 Å². The number of rotatable bonds is 2. The Kier molecular flexibility index (Phi) is 3.77. The lowest BCUT2D eigenvalue weighted by atomic mass is 9.96. The number of benzene rings is 1. The van der Waals surface area contributed by atoms with Crippen LogP contribution in [0, 0.1) is 0 Å². The van der Waals surface area contributed by atoms with Crippen LogP contribution in [0.5, 0.6) is 0 Å². The van der Waals surface area contributed by atoms with Crippen LogP contribution in [-0.4, -0.2) is 6.54 Å². The van der Waals surface area contributed by atoms with Crippen LogP contribution in [0.25, 0.3) is 0 Å². The first-order chi connectivity index (χ1) is 7.68. The van der Waals surface area contributed by atoms with Gasteiger partial charge in [-0.2, -0.15) is 0 Å². The Labute approximate surface area is 98.8 Å². The summed E-state index contributed by atoms with van der Waals surface area (Å²) in [6, 6.07) is 4.60. The van der Waals surface area contributed by atoms with E-state index in [0.29, 0.717) is 5.02 Å². The average molecular weight is 246 g/mol. The second kappa shape index (κ2) is 5.11. The zero-order valence-electron chi connectivity index (χ0n) is 8.85. The summed E-state index contributed by atoms with van der Waals surface area (Å²) in [4.78, 5) is 0. The Morgan fingerprint density at radius 2 is 2.12 bits per heavy atom.